The average Bonchev–Trinajstić information content (AvgIpc) is 2.74. The Labute approximate surface area is 113 Å². The van der Waals surface area contributed by atoms with E-state index < -0.39 is 0 Å². The molecule has 0 aliphatic rings. The van der Waals surface area contributed by atoms with Gasteiger partial charge in [-0.25, -0.2) is 9.37 Å². The fourth-order valence-corrected chi connectivity index (χ4v) is 1.97. The van der Waals surface area contributed by atoms with E-state index in [0.29, 0.717) is 5.56 Å². The van der Waals surface area contributed by atoms with Crippen molar-refractivity contribution in [1.82, 2.24) is 9.55 Å². The average molecular weight is 261 g/mol. The van der Waals surface area contributed by atoms with E-state index in [-0.39, 0.29) is 5.82 Å². The van der Waals surface area contributed by atoms with Crippen molar-refractivity contribution in [2.45, 2.75) is 33.6 Å². The second-order valence-electron chi connectivity index (χ2n) is 4.79. The lowest BCUT2D eigenvalue weighted by molar-refractivity contribution is 0.618. The van der Waals surface area contributed by atoms with E-state index in [1.165, 1.54) is 6.07 Å². The van der Waals surface area contributed by atoms with Crippen molar-refractivity contribution >= 4 is 5.95 Å². The Kier molecular flexibility index (Phi) is 4.20. The zero-order valence-electron chi connectivity index (χ0n) is 11.7. The van der Waals surface area contributed by atoms with Crippen molar-refractivity contribution in [3.63, 3.8) is 0 Å². The molecule has 1 aromatic carbocycles. The van der Waals surface area contributed by atoms with Crippen LogP contribution in [-0.4, -0.2) is 16.1 Å². The van der Waals surface area contributed by atoms with Gasteiger partial charge in [-0.15, -0.1) is 0 Å². The molecular weight excluding hydrogens is 241 g/mol. The van der Waals surface area contributed by atoms with Crippen LogP contribution in [0.15, 0.2) is 24.4 Å². The maximum absolute atomic E-state index is 13.3. The Morgan fingerprint density at radius 2 is 2.11 bits per heavy atom. The maximum Gasteiger partial charge on any atom is 0.207 e. The summed E-state index contributed by atoms with van der Waals surface area (Å²) in [5.41, 5.74) is 2.52. The lowest BCUT2D eigenvalue weighted by atomic mass is 10.2. The molecule has 2 aromatic rings. The molecule has 0 bridgehead atoms. The van der Waals surface area contributed by atoms with E-state index in [0.717, 1.165) is 36.7 Å². The molecule has 0 atom stereocenters. The second kappa shape index (κ2) is 5.87. The van der Waals surface area contributed by atoms with Crippen molar-refractivity contribution in [2.75, 3.05) is 11.9 Å². The van der Waals surface area contributed by atoms with E-state index >= 15 is 0 Å². The summed E-state index contributed by atoms with van der Waals surface area (Å²) in [6.45, 7) is 6.78. The van der Waals surface area contributed by atoms with Gasteiger partial charge < -0.3 is 5.32 Å². The molecule has 0 fully saturated rings. The molecule has 1 N–H and O–H groups in total. The summed E-state index contributed by atoms with van der Waals surface area (Å²) in [6.07, 6.45) is 4.21. The van der Waals surface area contributed by atoms with Gasteiger partial charge in [0.1, 0.15) is 5.82 Å². The van der Waals surface area contributed by atoms with Crippen LogP contribution in [0.2, 0.25) is 0 Å². The van der Waals surface area contributed by atoms with E-state index in [4.69, 9.17) is 0 Å². The normalized spacial score (nSPS) is 10.7. The molecule has 4 heteroatoms. The second-order valence-corrected chi connectivity index (χ2v) is 4.79. The summed E-state index contributed by atoms with van der Waals surface area (Å²) < 4.78 is 15.3. The largest absolute Gasteiger partial charge is 0.355 e. The minimum absolute atomic E-state index is 0.180. The summed E-state index contributed by atoms with van der Waals surface area (Å²) in [6, 6.07) is 5.10. The number of aromatic nitrogens is 2. The highest BCUT2D eigenvalue weighted by Crippen LogP contribution is 2.19. The Morgan fingerprint density at radius 3 is 2.79 bits per heavy atom. The van der Waals surface area contributed by atoms with Gasteiger partial charge in [0, 0.05) is 18.4 Å². The van der Waals surface area contributed by atoms with E-state index in [2.05, 4.69) is 17.2 Å². The molecular formula is C15H20FN3. The minimum atomic E-state index is -0.180. The molecule has 1 aromatic heterocycles. The van der Waals surface area contributed by atoms with Crippen LogP contribution in [0, 0.1) is 19.7 Å². The molecule has 0 aliphatic heterocycles. The van der Waals surface area contributed by atoms with Crippen molar-refractivity contribution in [2.24, 2.45) is 0 Å². The summed E-state index contributed by atoms with van der Waals surface area (Å²) in [4.78, 5) is 4.47. The SMILES string of the molecule is CCCCNc1nc(C)cn1-c1ccc(F)c(C)c1. The number of aryl methyl sites for hydroxylation is 2. The van der Waals surface area contributed by atoms with Crippen LogP contribution < -0.4 is 5.32 Å². The van der Waals surface area contributed by atoms with E-state index in [9.17, 15) is 4.39 Å². The zero-order valence-corrected chi connectivity index (χ0v) is 11.7. The van der Waals surface area contributed by atoms with Gasteiger partial charge in [-0.3, -0.25) is 4.57 Å². The first-order valence-electron chi connectivity index (χ1n) is 6.68. The van der Waals surface area contributed by atoms with Gasteiger partial charge in [-0.1, -0.05) is 13.3 Å². The minimum Gasteiger partial charge on any atom is -0.355 e. The van der Waals surface area contributed by atoms with Crippen molar-refractivity contribution < 1.29 is 4.39 Å². The van der Waals surface area contributed by atoms with E-state index in [1.807, 2.05) is 23.8 Å². The molecule has 3 nitrogen and oxygen atoms in total. The number of nitrogens with zero attached hydrogens (tertiary/aromatic N) is 2. The zero-order chi connectivity index (χ0) is 13.8. The first-order valence-corrected chi connectivity index (χ1v) is 6.68. The molecule has 2 rings (SSSR count). The molecule has 0 aliphatic carbocycles. The lowest BCUT2D eigenvalue weighted by Crippen LogP contribution is -2.07. The van der Waals surface area contributed by atoms with Crippen molar-refractivity contribution in [3.05, 3.63) is 41.5 Å². The fraction of sp³-hybridized carbons (Fsp3) is 0.400. The summed E-state index contributed by atoms with van der Waals surface area (Å²) in [5.74, 6) is 0.637. The Bertz CT molecular complexity index is 561. The molecule has 1 heterocycles. The first-order chi connectivity index (χ1) is 9.11. The first kappa shape index (κ1) is 13.6. The van der Waals surface area contributed by atoms with Crippen LogP contribution in [0.4, 0.5) is 10.3 Å². The number of nitrogens with one attached hydrogen (secondary N) is 1. The van der Waals surface area contributed by atoms with Crippen LogP contribution in [0.5, 0.6) is 0 Å². The van der Waals surface area contributed by atoms with Crippen LogP contribution in [0.1, 0.15) is 31.0 Å². The van der Waals surface area contributed by atoms with Gasteiger partial charge in [0.25, 0.3) is 0 Å². The number of unbranched alkanes of at least 4 members (excludes halogenated alkanes) is 1. The number of anilines is 1. The number of imidazole rings is 1. The van der Waals surface area contributed by atoms with Gasteiger partial charge in [-0.2, -0.15) is 0 Å². The molecule has 0 amide bonds. The number of hydrogen-bond donors (Lipinski definition) is 1. The summed E-state index contributed by atoms with van der Waals surface area (Å²) >= 11 is 0. The van der Waals surface area contributed by atoms with Gasteiger partial charge in [0.15, 0.2) is 0 Å². The number of benzene rings is 1. The monoisotopic (exact) mass is 261 g/mol. The van der Waals surface area contributed by atoms with Crippen molar-refractivity contribution in [3.8, 4) is 5.69 Å². The topological polar surface area (TPSA) is 29.9 Å². The molecule has 0 spiro atoms. The van der Waals surface area contributed by atoms with Gasteiger partial charge in [0.05, 0.1) is 5.69 Å². The predicted molar refractivity (Wildman–Crippen MR) is 76.4 cm³/mol. The summed E-state index contributed by atoms with van der Waals surface area (Å²) in [7, 11) is 0. The highest BCUT2D eigenvalue weighted by atomic mass is 19.1. The number of hydrogen-bond acceptors (Lipinski definition) is 2. The van der Waals surface area contributed by atoms with Crippen LogP contribution in [0.25, 0.3) is 5.69 Å². The van der Waals surface area contributed by atoms with Gasteiger partial charge in [-0.05, 0) is 44.0 Å². The van der Waals surface area contributed by atoms with Crippen LogP contribution >= 0.6 is 0 Å². The van der Waals surface area contributed by atoms with E-state index in [1.54, 1.807) is 13.0 Å². The Morgan fingerprint density at radius 1 is 1.32 bits per heavy atom. The predicted octanol–water partition coefficient (Wildman–Crippen LogP) is 3.84. The fourth-order valence-electron chi connectivity index (χ4n) is 1.97. The quantitative estimate of drug-likeness (QED) is 0.829. The Hall–Kier alpha value is -1.84. The third kappa shape index (κ3) is 3.13. The molecule has 0 unspecified atom stereocenters. The van der Waals surface area contributed by atoms with Crippen LogP contribution in [0.3, 0.4) is 0 Å². The highest BCUT2D eigenvalue weighted by Gasteiger charge is 2.08. The smallest absolute Gasteiger partial charge is 0.207 e. The van der Waals surface area contributed by atoms with Gasteiger partial charge >= 0.3 is 0 Å². The molecule has 0 saturated heterocycles. The molecule has 0 radical (unpaired) electrons. The lowest BCUT2D eigenvalue weighted by Gasteiger charge is -2.10. The molecule has 19 heavy (non-hydrogen) atoms. The van der Waals surface area contributed by atoms with Crippen LogP contribution in [-0.2, 0) is 0 Å². The van der Waals surface area contributed by atoms with Gasteiger partial charge in [0.2, 0.25) is 5.95 Å². The third-order valence-corrected chi connectivity index (χ3v) is 3.06. The molecule has 102 valence electrons. The molecule has 0 saturated carbocycles. The standard InChI is InChI=1S/C15H20FN3/c1-4-5-8-17-15-18-12(3)10-19(15)13-6-7-14(16)11(2)9-13/h6-7,9-10H,4-5,8H2,1-3H3,(H,17,18). The summed E-state index contributed by atoms with van der Waals surface area (Å²) in [5, 5.41) is 3.33. The third-order valence-electron chi connectivity index (χ3n) is 3.06. The highest BCUT2D eigenvalue weighted by molar-refractivity contribution is 5.44. The van der Waals surface area contributed by atoms with Crippen molar-refractivity contribution in [1.29, 1.82) is 0 Å². The number of rotatable bonds is 5. The number of halogens is 1. The Balaban J connectivity index is 2.29. The maximum atomic E-state index is 13.3.